The maximum absolute atomic E-state index is 14.0. The quantitative estimate of drug-likeness (QED) is 0.0521. The van der Waals surface area contributed by atoms with Crippen molar-refractivity contribution < 1.29 is 33.3 Å². The average Bonchev–Trinajstić information content (AvgIpc) is 3.77. The van der Waals surface area contributed by atoms with Crippen molar-refractivity contribution in [3.8, 4) is 28.4 Å². The maximum atomic E-state index is 14.0. The molecule has 0 heterocycles. The van der Waals surface area contributed by atoms with Crippen LogP contribution in [0.5, 0.6) is 17.2 Å². The van der Waals surface area contributed by atoms with Gasteiger partial charge in [-0.05, 0) is 83.5 Å². The van der Waals surface area contributed by atoms with Crippen molar-refractivity contribution in [1.82, 2.24) is 10.6 Å². The number of ketones is 1. The molecular formula is C66H84N2O7. The van der Waals surface area contributed by atoms with Crippen molar-refractivity contribution in [2.45, 2.75) is 144 Å². The summed E-state index contributed by atoms with van der Waals surface area (Å²) in [6.07, 6.45) is 13.2. The maximum Gasteiger partial charge on any atom is 0.407 e. The minimum atomic E-state index is -0.668. The van der Waals surface area contributed by atoms with Gasteiger partial charge < -0.3 is 29.6 Å². The van der Waals surface area contributed by atoms with Gasteiger partial charge in [-0.2, -0.15) is 0 Å². The van der Waals surface area contributed by atoms with Crippen LogP contribution in [-0.2, 0) is 14.3 Å². The Morgan fingerprint density at radius 1 is 0.547 bits per heavy atom. The lowest BCUT2D eigenvalue weighted by atomic mass is 9.92. The predicted molar refractivity (Wildman–Crippen MR) is 306 cm³/mol. The minimum absolute atomic E-state index is 0.0574. The molecule has 400 valence electrons. The summed E-state index contributed by atoms with van der Waals surface area (Å²) < 4.78 is 23.2. The first kappa shape index (κ1) is 59.0. The summed E-state index contributed by atoms with van der Waals surface area (Å²) in [5.41, 5.74) is 10.2. The average molecular weight is 1020 g/mol. The van der Waals surface area contributed by atoms with E-state index in [-0.39, 0.29) is 43.3 Å². The summed E-state index contributed by atoms with van der Waals surface area (Å²) in [6, 6.07) is 44.4. The number of alkyl carbamates (subject to hydrolysis) is 1. The highest BCUT2D eigenvalue weighted by atomic mass is 16.5. The monoisotopic (exact) mass is 1020 g/mol. The van der Waals surface area contributed by atoms with E-state index in [0.29, 0.717) is 29.2 Å². The lowest BCUT2D eigenvalue weighted by Gasteiger charge is -2.24. The Balaban J connectivity index is 0.000000777. The van der Waals surface area contributed by atoms with Crippen LogP contribution in [0.15, 0.2) is 140 Å². The molecule has 0 radical (unpaired) electrons. The van der Waals surface area contributed by atoms with Crippen LogP contribution >= 0.6 is 0 Å². The van der Waals surface area contributed by atoms with Gasteiger partial charge in [-0.15, -0.1) is 0 Å². The molecule has 6 aromatic rings. The molecule has 0 saturated carbocycles. The van der Waals surface area contributed by atoms with Crippen LogP contribution in [0.25, 0.3) is 11.1 Å². The van der Waals surface area contributed by atoms with E-state index in [1.807, 2.05) is 125 Å². The molecule has 0 spiro atoms. The van der Waals surface area contributed by atoms with Crippen LogP contribution in [0.2, 0.25) is 0 Å². The molecule has 0 saturated heterocycles. The molecule has 1 aliphatic rings. The molecule has 0 aromatic heterocycles. The van der Waals surface area contributed by atoms with Gasteiger partial charge in [0.15, 0.2) is 5.78 Å². The molecule has 0 aliphatic heterocycles. The number of amides is 2. The molecule has 7 rings (SSSR count). The van der Waals surface area contributed by atoms with Crippen LogP contribution in [0, 0.1) is 19.8 Å². The van der Waals surface area contributed by atoms with Crippen molar-refractivity contribution in [3.05, 3.63) is 184 Å². The van der Waals surface area contributed by atoms with Gasteiger partial charge >= 0.3 is 6.09 Å². The summed E-state index contributed by atoms with van der Waals surface area (Å²) >= 11 is 0. The fourth-order valence-electron chi connectivity index (χ4n) is 9.53. The first-order valence-electron chi connectivity index (χ1n) is 27.6. The number of fused-ring (bicyclic) bond motifs is 3. The van der Waals surface area contributed by atoms with E-state index in [1.165, 1.54) is 51.4 Å². The number of rotatable bonds is 26. The van der Waals surface area contributed by atoms with Crippen molar-refractivity contribution in [3.63, 3.8) is 0 Å². The number of unbranched alkanes of at least 4 members (excludes halogenated alkanes) is 8. The number of nitrogens with one attached hydrogen (secondary N) is 2. The Hall–Kier alpha value is -6.87. The molecule has 1 unspecified atom stereocenters. The predicted octanol–water partition coefficient (Wildman–Crippen LogP) is 16.2. The SMILES string of the molecule is CC.CCCCCCCCCC.CCCC[C@H](CC(=O)COc1ccc(C(NC(=O)OCC2c3ccccc3-c3ccccc32)c2ccc(OC)cc2OC)cc1)C(=O)NC(c1ccc(C)cc1)c1ccc(C)cc1. The fourth-order valence-corrected chi connectivity index (χ4v) is 9.53. The first-order valence-corrected chi connectivity index (χ1v) is 27.6. The van der Waals surface area contributed by atoms with Crippen molar-refractivity contribution in [1.29, 1.82) is 0 Å². The van der Waals surface area contributed by atoms with Gasteiger partial charge in [0, 0.05) is 29.9 Å². The Morgan fingerprint density at radius 2 is 1.04 bits per heavy atom. The number of carbonyl (C=O) groups is 3. The molecule has 9 heteroatoms. The molecular weight excluding hydrogens is 933 g/mol. The topological polar surface area (TPSA) is 112 Å². The second kappa shape index (κ2) is 31.8. The highest BCUT2D eigenvalue weighted by Crippen LogP contribution is 2.44. The Morgan fingerprint density at radius 3 is 1.56 bits per heavy atom. The lowest BCUT2D eigenvalue weighted by molar-refractivity contribution is -0.130. The Kier molecular flexibility index (Phi) is 25.0. The fraction of sp³-hybridized carbons (Fsp3) is 0.409. The zero-order valence-electron chi connectivity index (χ0n) is 46.3. The van der Waals surface area contributed by atoms with Crippen LogP contribution in [0.1, 0.15) is 174 Å². The normalized spacial score (nSPS) is 12.1. The summed E-state index contributed by atoms with van der Waals surface area (Å²) in [4.78, 5) is 41.2. The smallest absolute Gasteiger partial charge is 0.407 e. The number of benzene rings is 6. The molecule has 1 aliphatic carbocycles. The number of aryl methyl sites for hydroxylation is 2. The van der Waals surface area contributed by atoms with Gasteiger partial charge in [0.05, 0.1) is 26.3 Å². The zero-order valence-corrected chi connectivity index (χ0v) is 46.3. The van der Waals surface area contributed by atoms with Crippen molar-refractivity contribution in [2.75, 3.05) is 27.4 Å². The van der Waals surface area contributed by atoms with Crippen LogP contribution in [-0.4, -0.2) is 45.2 Å². The molecule has 9 nitrogen and oxygen atoms in total. The van der Waals surface area contributed by atoms with Gasteiger partial charge in [-0.3, -0.25) is 9.59 Å². The van der Waals surface area contributed by atoms with Gasteiger partial charge in [-0.25, -0.2) is 4.79 Å². The number of hydrogen-bond acceptors (Lipinski definition) is 7. The van der Waals surface area contributed by atoms with Gasteiger partial charge in [0.1, 0.15) is 30.5 Å². The van der Waals surface area contributed by atoms with Crippen LogP contribution in [0.4, 0.5) is 4.79 Å². The van der Waals surface area contributed by atoms with E-state index in [0.717, 1.165) is 62.9 Å². The third-order valence-electron chi connectivity index (χ3n) is 13.8. The zero-order chi connectivity index (χ0) is 54.0. The van der Waals surface area contributed by atoms with E-state index >= 15 is 0 Å². The van der Waals surface area contributed by atoms with E-state index in [2.05, 4.69) is 55.7 Å². The van der Waals surface area contributed by atoms with Crippen LogP contribution < -0.4 is 24.8 Å². The molecule has 2 N–H and O–H groups in total. The van der Waals surface area contributed by atoms with Gasteiger partial charge in [-0.1, -0.05) is 219 Å². The van der Waals surface area contributed by atoms with E-state index in [9.17, 15) is 14.4 Å². The van der Waals surface area contributed by atoms with Gasteiger partial charge in [0.2, 0.25) is 5.91 Å². The minimum Gasteiger partial charge on any atom is -0.497 e. The molecule has 2 amide bonds. The van der Waals surface area contributed by atoms with E-state index < -0.39 is 18.1 Å². The van der Waals surface area contributed by atoms with Crippen molar-refractivity contribution >= 4 is 17.8 Å². The molecule has 2 atom stereocenters. The first-order chi connectivity index (χ1) is 36.6. The Bertz CT molecular complexity index is 2550. The number of hydrogen-bond donors (Lipinski definition) is 2. The largest absolute Gasteiger partial charge is 0.497 e. The highest BCUT2D eigenvalue weighted by Gasteiger charge is 2.31. The number of Topliss-reactive ketones (excluding diaryl/α,β-unsaturated/α-hetero) is 1. The summed E-state index contributed by atoms with van der Waals surface area (Å²) in [7, 11) is 3.15. The number of methoxy groups -OCH3 is 2. The second-order valence-corrected chi connectivity index (χ2v) is 19.3. The third kappa shape index (κ3) is 17.6. The highest BCUT2D eigenvalue weighted by molar-refractivity contribution is 5.88. The summed E-state index contributed by atoms with van der Waals surface area (Å²) in [6.45, 7) is 14.7. The summed E-state index contributed by atoms with van der Waals surface area (Å²) in [5.74, 6) is 0.673. The second-order valence-electron chi connectivity index (χ2n) is 19.3. The van der Waals surface area contributed by atoms with Gasteiger partial charge in [0.25, 0.3) is 0 Å². The van der Waals surface area contributed by atoms with Crippen LogP contribution in [0.3, 0.4) is 0 Å². The third-order valence-corrected chi connectivity index (χ3v) is 13.8. The van der Waals surface area contributed by atoms with E-state index in [4.69, 9.17) is 18.9 Å². The molecule has 6 aromatic carbocycles. The molecule has 75 heavy (non-hydrogen) atoms. The standard InChI is InChI=1S/C54H56N2O7.C10H22.C2H6/c1-6-7-12-40(53(58)55-51(37-21-17-35(2)18-22-37)38-23-19-36(3)20-24-38)31-41(57)33-62-42-27-25-39(26-28-42)52(48-30-29-43(60-4)32-50(48)61-5)56-54(59)63-34-49-46-15-10-8-13-44(46)45-14-9-11-16-47(45)49;1-3-5-7-9-10-8-6-4-2;1-2/h8-11,13-30,32,40,49,51-52H,6-7,12,31,33-34H2,1-5H3,(H,55,58)(H,56,59);3-10H2,1-2H3;1-2H3/t40-,52?;;/m1../s1. The van der Waals surface area contributed by atoms with E-state index in [1.54, 1.807) is 32.4 Å². The Labute approximate surface area is 449 Å². The molecule has 0 fully saturated rings. The number of ether oxygens (including phenoxy) is 4. The lowest BCUT2D eigenvalue weighted by Crippen LogP contribution is -2.36. The summed E-state index contributed by atoms with van der Waals surface area (Å²) in [5, 5.41) is 6.35. The van der Waals surface area contributed by atoms with Crippen molar-refractivity contribution in [2.24, 2.45) is 5.92 Å². The molecule has 0 bridgehead atoms. The number of carbonyl (C=O) groups excluding carboxylic acids is 3.